The molecule has 0 atom stereocenters. The smallest absolute Gasteiger partial charge is 0.217 e. The number of pyridine rings is 1. The van der Waals surface area contributed by atoms with E-state index >= 15 is 0 Å². The average molecular weight is 150 g/mol. The summed E-state index contributed by atoms with van der Waals surface area (Å²) < 4.78 is 12.9. The van der Waals surface area contributed by atoms with Crippen LogP contribution in [0.1, 0.15) is 11.1 Å². The molecule has 0 aromatic carbocycles. The van der Waals surface area contributed by atoms with Gasteiger partial charge in [0.25, 0.3) is 0 Å². The summed E-state index contributed by atoms with van der Waals surface area (Å²) in [7, 11) is 0. The van der Waals surface area contributed by atoms with Crippen molar-refractivity contribution in [1.82, 2.24) is 4.98 Å². The van der Waals surface area contributed by atoms with Crippen LogP contribution >= 0.6 is 0 Å². The molecule has 1 aliphatic rings. The maximum absolute atomic E-state index is 12.9. The molecule has 0 fully saturated rings. The van der Waals surface area contributed by atoms with Crippen molar-refractivity contribution in [1.29, 1.82) is 0 Å². The van der Waals surface area contributed by atoms with Gasteiger partial charge in [0, 0.05) is 18.9 Å². The Morgan fingerprint density at radius 3 is 3.18 bits per heavy atom. The Balaban J connectivity index is 2.56. The topological polar surface area (TPSA) is 25.2 Å². The highest BCUT2D eigenvalue weighted by Crippen LogP contribution is 2.14. The van der Waals surface area contributed by atoms with Gasteiger partial charge in [-0.05, 0) is 18.1 Å². The molecule has 0 unspecified atom stereocenters. The second-order valence-corrected chi connectivity index (χ2v) is 2.46. The molecule has 1 aliphatic heterocycles. The summed E-state index contributed by atoms with van der Waals surface area (Å²) in [5, 5.41) is 0. The van der Waals surface area contributed by atoms with Gasteiger partial charge in [0.1, 0.15) is 0 Å². The number of aliphatic imine (C=N–C) groups is 1. The van der Waals surface area contributed by atoms with E-state index in [1.807, 2.05) is 6.07 Å². The van der Waals surface area contributed by atoms with E-state index in [1.165, 1.54) is 6.20 Å². The first-order valence-corrected chi connectivity index (χ1v) is 3.51. The Labute approximate surface area is 63.8 Å². The highest BCUT2D eigenvalue weighted by Gasteiger charge is 2.12. The van der Waals surface area contributed by atoms with E-state index in [0.29, 0.717) is 12.1 Å². The van der Waals surface area contributed by atoms with Crippen LogP contribution < -0.4 is 0 Å². The van der Waals surface area contributed by atoms with Gasteiger partial charge in [0.05, 0.1) is 5.56 Å². The third kappa shape index (κ3) is 1.02. The third-order valence-electron chi connectivity index (χ3n) is 1.77. The van der Waals surface area contributed by atoms with Crippen molar-refractivity contribution >= 4 is 5.97 Å². The minimum absolute atomic E-state index is 0.376. The van der Waals surface area contributed by atoms with E-state index < -0.39 is 0 Å². The molecule has 0 amide bonds. The molecule has 11 heavy (non-hydrogen) atoms. The zero-order chi connectivity index (χ0) is 7.68. The van der Waals surface area contributed by atoms with Gasteiger partial charge in [0.15, 0.2) is 0 Å². The number of fused-ring (bicyclic) bond motifs is 1. The lowest BCUT2D eigenvalue weighted by molar-refractivity contribution is 0.767. The van der Waals surface area contributed by atoms with Crippen LogP contribution in [-0.4, -0.2) is 17.5 Å². The van der Waals surface area contributed by atoms with Crippen LogP contribution in [0.15, 0.2) is 23.5 Å². The third-order valence-corrected chi connectivity index (χ3v) is 1.77. The molecule has 1 aromatic heterocycles. The Bertz CT molecular complexity index is 307. The normalized spacial score (nSPS) is 15.5. The number of hydrogen-bond donors (Lipinski definition) is 0. The Morgan fingerprint density at radius 1 is 1.45 bits per heavy atom. The second-order valence-electron chi connectivity index (χ2n) is 2.46. The Hall–Kier alpha value is -1.25. The first-order valence-electron chi connectivity index (χ1n) is 3.51. The molecule has 1 aromatic rings. The molecule has 0 N–H and O–H groups in total. The summed E-state index contributed by atoms with van der Waals surface area (Å²) in [6, 6.07) is 1.84. The van der Waals surface area contributed by atoms with Gasteiger partial charge in [-0.2, -0.15) is 4.39 Å². The van der Waals surface area contributed by atoms with Gasteiger partial charge in [-0.25, -0.2) is 0 Å². The molecule has 0 saturated heterocycles. The number of halogens is 1. The summed E-state index contributed by atoms with van der Waals surface area (Å²) in [5.74, 6) is -0.376. The second kappa shape index (κ2) is 2.42. The standard InChI is InChI=1S/C8H7FN2/c9-8-7-5-10-3-1-6(7)2-4-11-8/h1,3,5H,2,4H2. The molecule has 56 valence electrons. The molecular weight excluding hydrogens is 143 g/mol. The van der Waals surface area contributed by atoms with Crippen molar-refractivity contribution in [2.75, 3.05) is 6.54 Å². The average Bonchev–Trinajstić information content (AvgIpc) is 2.06. The fourth-order valence-corrected chi connectivity index (χ4v) is 1.19. The molecule has 2 heterocycles. The van der Waals surface area contributed by atoms with Gasteiger partial charge in [-0.1, -0.05) is 0 Å². The highest BCUT2D eigenvalue weighted by atomic mass is 19.1. The van der Waals surface area contributed by atoms with Gasteiger partial charge in [-0.15, -0.1) is 0 Å². The van der Waals surface area contributed by atoms with Crippen molar-refractivity contribution in [2.45, 2.75) is 6.42 Å². The highest BCUT2D eigenvalue weighted by molar-refractivity contribution is 5.95. The van der Waals surface area contributed by atoms with E-state index in [2.05, 4.69) is 9.98 Å². The minimum Gasteiger partial charge on any atom is -0.264 e. The van der Waals surface area contributed by atoms with Crippen LogP contribution in [0, 0.1) is 0 Å². The van der Waals surface area contributed by atoms with Crippen LogP contribution in [0.3, 0.4) is 0 Å². The molecule has 2 rings (SSSR count). The van der Waals surface area contributed by atoms with E-state index in [0.717, 1.165) is 12.0 Å². The Morgan fingerprint density at radius 2 is 2.36 bits per heavy atom. The van der Waals surface area contributed by atoms with Gasteiger partial charge in [0.2, 0.25) is 5.97 Å². The SMILES string of the molecule is FC1=NCCc2ccncc21. The molecule has 0 radical (unpaired) electrons. The summed E-state index contributed by atoms with van der Waals surface area (Å²) in [5.41, 5.74) is 1.56. The van der Waals surface area contributed by atoms with Crippen molar-refractivity contribution in [3.63, 3.8) is 0 Å². The fourth-order valence-electron chi connectivity index (χ4n) is 1.19. The lowest BCUT2D eigenvalue weighted by atomic mass is 10.1. The first kappa shape index (κ1) is 6.46. The maximum Gasteiger partial charge on any atom is 0.217 e. The summed E-state index contributed by atoms with van der Waals surface area (Å²) >= 11 is 0. The van der Waals surface area contributed by atoms with Crippen molar-refractivity contribution in [3.05, 3.63) is 29.6 Å². The summed E-state index contributed by atoms with van der Waals surface area (Å²) in [6.45, 7) is 0.558. The zero-order valence-corrected chi connectivity index (χ0v) is 5.92. The number of rotatable bonds is 0. The summed E-state index contributed by atoms with van der Waals surface area (Å²) in [4.78, 5) is 7.51. The van der Waals surface area contributed by atoms with Crippen molar-refractivity contribution in [2.24, 2.45) is 4.99 Å². The van der Waals surface area contributed by atoms with Crippen LogP contribution in [0.4, 0.5) is 4.39 Å². The van der Waals surface area contributed by atoms with E-state index in [-0.39, 0.29) is 5.97 Å². The van der Waals surface area contributed by atoms with E-state index in [9.17, 15) is 4.39 Å². The van der Waals surface area contributed by atoms with Gasteiger partial charge < -0.3 is 0 Å². The van der Waals surface area contributed by atoms with Crippen LogP contribution in [0.25, 0.3) is 0 Å². The molecule has 0 bridgehead atoms. The monoisotopic (exact) mass is 150 g/mol. The fraction of sp³-hybridized carbons (Fsp3) is 0.250. The van der Waals surface area contributed by atoms with Gasteiger partial charge in [-0.3, -0.25) is 9.98 Å². The number of nitrogens with zero attached hydrogens (tertiary/aromatic N) is 2. The quantitative estimate of drug-likeness (QED) is 0.548. The van der Waals surface area contributed by atoms with Crippen LogP contribution in [0.5, 0.6) is 0 Å². The zero-order valence-electron chi connectivity index (χ0n) is 5.92. The molecular formula is C8H7FN2. The van der Waals surface area contributed by atoms with E-state index in [4.69, 9.17) is 0 Å². The number of aromatic nitrogens is 1. The van der Waals surface area contributed by atoms with E-state index in [1.54, 1.807) is 6.20 Å². The summed E-state index contributed by atoms with van der Waals surface area (Å²) in [6.07, 6.45) is 4.02. The van der Waals surface area contributed by atoms with Crippen molar-refractivity contribution in [3.8, 4) is 0 Å². The Kier molecular flexibility index (Phi) is 1.42. The minimum atomic E-state index is -0.376. The molecule has 3 heteroatoms. The van der Waals surface area contributed by atoms with Crippen LogP contribution in [-0.2, 0) is 6.42 Å². The maximum atomic E-state index is 12.9. The molecule has 0 saturated carbocycles. The van der Waals surface area contributed by atoms with Crippen LogP contribution in [0.2, 0.25) is 0 Å². The molecule has 2 nitrogen and oxygen atoms in total. The molecule has 0 aliphatic carbocycles. The number of hydrogen-bond acceptors (Lipinski definition) is 2. The lowest BCUT2D eigenvalue weighted by Crippen LogP contribution is -2.08. The molecule has 0 spiro atoms. The first-order chi connectivity index (χ1) is 5.38. The lowest BCUT2D eigenvalue weighted by Gasteiger charge is -2.09. The predicted molar refractivity (Wildman–Crippen MR) is 40.5 cm³/mol. The van der Waals surface area contributed by atoms with Crippen molar-refractivity contribution < 1.29 is 4.39 Å². The van der Waals surface area contributed by atoms with Gasteiger partial charge >= 0.3 is 0 Å². The predicted octanol–water partition coefficient (Wildman–Crippen LogP) is 1.35. The largest absolute Gasteiger partial charge is 0.264 e.